The number of nitrogens with one attached hydrogen (secondary N) is 1. The molecular formula is C20H23F2N3O2S. The number of hydrogen-bond donors (Lipinski definition) is 1. The number of benzene rings is 1. The van der Waals surface area contributed by atoms with Crippen molar-refractivity contribution < 1.29 is 18.4 Å². The van der Waals surface area contributed by atoms with Crippen molar-refractivity contribution in [2.24, 2.45) is 5.92 Å². The highest BCUT2D eigenvalue weighted by Gasteiger charge is 2.30. The van der Waals surface area contributed by atoms with Crippen LogP contribution in [0.5, 0.6) is 0 Å². The van der Waals surface area contributed by atoms with E-state index in [1.165, 1.54) is 22.3 Å². The largest absolute Gasteiger partial charge is 0.350 e. The summed E-state index contributed by atoms with van der Waals surface area (Å²) in [5.41, 5.74) is 0.275. The van der Waals surface area contributed by atoms with Gasteiger partial charge < -0.3 is 10.2 Å². The van der Waals surface area contributed by atoms with Crippen LogP contribution in [0.3, 0.4) is 0 Å². The molecule has 3 rings (SSSR count). The Bertz CT molecular complexity index is 849. The number of nitrogens with zero attached hydrogens (tertiary/aromatic N) is 2. The van der Waals surface area contributed by atoms with Crippen LogP contribution < -0.4 is 5.32 Å². The zero-order chi connectivity index (χ0) is 20.3. The lowest BCUT2D eigenvalue weighted by Gasteiger charge is -2.32. The summed E-state index contributed by atoms with van der Waals surface area (Å²) in [6.45, 7) is 4.86. The maximum atomic E-state index is 14.0. The Labute approximate surface area is 166 Å². The summed E-state index contributed by atoms with van der Waals surface area (Å²) in [4.78, 5) is 30.4. The van der Waals surface area contributed by atoms with Crippen LogP contribution in [0.2, 0.25) is 0 Å². The lowest BCUT2D eigenvalue weighted by molar-refractivity contribution is -0.124. The summed E-state index contributed by atoms with van der Waals surface area (Å²) < 4.78 is 27.9. The molecule has 5 nitrogen and oxygen atoms in total. The van der Waals surface area contributed by atoms with E-state index in [-0.39, 0.29) is 17.7 Å². The monoisotopic (exact) mass is 407 g/mol. The quantitative estimate of drug-likeness (QED) is 0.822. The van der Waals surface area contributed by atoms with Crippen molar-refractivity contribution in [2.75, 3.05) is 13.1 Å². The Morgan fingerprint density at radius 1 is 1.32 bits per heavy atom. The van der Waals surface area contributed by atoms with E-state index in [0.717, 1.165) is 35.7 Å². The molecule has 0 radical (unpaired) electrons. The smallest absolute Gasteiger partial charge is 0.259 e. The number of carbonyl (C=O) groups excluding carboxylic acids is 2. The second kappa shape index (κ2) is 8.77. The number of rotatable bonds is 5. The van der Waals surface area contributed by atoms with Gasteiger partial charge in [-0.1, -0.05) is 19.9 Å². The van der Waals surface area contributed by atoms with Crippen molar-refractivity contribution >= 4 is 23.2 Å². The van der Waals surface area contributed by atoms with Crippen LogP contribution in [0.15, 0.2) is 23.6 Å². The minimum atomic E-state index is -0.843. The molecule has 0 aliphatic carbocycles. The van der Waals surface area contributed by atoms with Crippen molar-refractivity contribution in [2.45, 2.75) is 39.2 Å². The summed E-state index contributed by atoms with van der Waals surface area (Å²) in [5, 5.41) is 5.60. The van der Waals surface area contributed by atoms with Crippen LogP contribution in [0.1, 0.15) is 53.7 Å². The van der Waals surface area contributed by atoms with E-state index in [9.17, 15) is 18.4 Å². The van der Waals surface area contributed by atoms with Crippen LogP contribution in [-0.2, 0) is 11.3 Å². The summed E-state index contributed by atoms with van der Waals surface area (Å²) >= 11 is 1.48. The molecule has 1 fully saturated rings. The van der Waals surface area contributed by atoms with E-state index in [2.05, 4.69) is 10.3 Å². The first-order chi connectivity index (χ1) is 13.4. The average molecular weight is 407 g/mol. The molecule has 2 amide bonds. The van der Waals surface area contributed by atoms with Crippen LogP contribution in [0, 0.1) is 17.6 Å². The van der Waals surface area contributed by atoms with Gasteiger partial charge in [-0.25, -0.2) is 13.8 Å². The van der Waals surface area contributed by atoms with Crippen LogP contribution in [-0.4, -0.2) is 34.8 Å². The van der Waals surface area contributed by atoms with Gasteiger partial charge in [0, 0.05) is 30.3 Å². The van der Waals surface area contributed by atoms with E-state index >= 15 is 0 Å². The molecule has 1 aliphatic heterocycles. The fraction of sp³-hybridized carbons (Fsp3) is 0.450. The predicted molar refractivity (Wildman–Crippen MR) is 103 cm³/mol. The van der Waals surface area contributed by atoms with E-state index in [1.54, 1.807) is 0 Å². The normalized spacial score (nSPS) is 17.0. The molecule has 1 aliphatic rings. The second-order valence-electron chi connectivity index (χ2n) is 7.24. The molecule has 28 heavy (non-hydrogen) atoms. The Kier molecular flexibility index (Phi) is 6.39. The second-order valence-corrected chi connectivity index (χ2v) is 8.13. The SMILES string of the molecule is CC(C)C(=O)NCc1csc([C@@H]2CCCN(C(=O)c3c(F)cccc3F)C2)n1. The third kappa shape index (κ3) is 4.55. The molecule has 2 aromatic rings. The third-order valence-electron chi connectivity index (χ3n) is 4.77. The molecule has 2 heterocycles. The first-order valence-corrected chi connectivity index (χ1v) is 10.2. The molecule has 0 saturated carbocycles. The number of carbonyl (C=O) groups is 2. The van der Waals surface area contributed by atoms with E-state index in [4.69, 9.17) is 0 Å². The highest BCUT2D eigenvalue weighted by molar-refractivity contribution is 7.09. The van der Waals surface area contributed by atoms with Crippen molar-refractivity contribution in [3.8, 4) is 0 Å². The van der Waals surface area contributed by atoms with Crippen LogP contribution >= 0.6 is 11.3 Å². The molecule has 8 heteroatoms. The Balaban J connectivity index is 1.67. The first-order valence-electron chi connectivity index (χ1n) is 9.32. The standard InChI is InChI=1S/C20H23F2N3O2S/c1-12(2)18(26)23-9-14-11-28-19(24-14)13-5-4-8-25(10-13)20(27)17-15(21)6-3-7-16(17)22/h3,6-7,11-13H,4-5,8-10H2,1-2H3,(H,23,26)/t13-/m1/s1. The van der Waals surface area contributed by atoms with Crippen molar-refractivity contribution in [3.63, 3.8) is 0 Å². The number of thiazole rings is 1. The minimum absolute atomic E-state index is 0.0204. The fourth-order valence-corrected chi connectivity index (χ4v) is 4.14. The van der Waals surface area contributed by atoms with Gasteiger partial charge >= 0.3 is 0 Å². The van der Waals surface area contributed by atoms with Crippen molar-refractivity contribution in [1.82, 2.24) is 15.2 Å². The van der Waals surface area contributed by atoms with Gasteiger partial charge in [0.05, 0.1) is 17.2 Å². The minimum Gasteiger partial charge on any atom is -0.350 e. The average Bonchev–Trinajstić information content (AvgIpc) is 3.15. The topological polar surface area (TPSA) is 62.3 Å². The summed E-state index contributed by atoms with van der Waals surface area (Å²) in [6, 6.07) is 3.43. The molecule has 1 atom stereocenters. The van der Waals surface area contributed by atoms with Gasteiger partial charge in [-0.15, -0.1) is 11.3 Å². The summed E-state index contributed by atoms with van der Waals surface area (Å²) in [7, 11) is 0. The number of aromatic nitrogens is 1. The molecule has 0 unspecified atom stereocenters. The number of likely N-dealkylation sites (tertiary alicyclic amines) is 1. The zero-order valence-electron chi connectivity index (χ0n) is 15.9. The molecule has 150 valence electrons. The molecule has 1 N–H and O–H groups in total. The van der Waals surface area contributed by atoms with Crippen molar-refractivity contribution in [3.05, 3.63) is 51.5 Å². The zero-order valence-corrected chi connectivity index (χ0v) is 16.7. The van der Waals surface area contributed by atoms with E-state index in [0.29, 0.717) is 19.6 Å². The molecule has 0 spiro atoms. The van der Waals surface area contributed by atoms with Crippen LogP contribution in [0.25, 0.3) is 0 Å². The van der Waals surface area contributed by atoms with Gasteiger partial charge in [0.2, 0.25) is 5.91 Å². The van der Waals surface area contributed by atoms with Gasteiger partial charge in [-0.05, 0) is 25.0 Å². The molecule has 1 aromatic heterocycles. The predicted octanol–water partition coefficient (Wildman–Crippen LogP) is 3.71. The fourth-order valence-electron chi connectivity index (χ4n) is 3.20. The van der Waals surface area contributed by atoms with Gasteiger partial charge in [0.15, 0.2) is 0 Å². The maximum absolute atomic E-state index is 14.0. The van der Waals surface area contributed by atoms with Crippen molar-refractivity contribution in [1.29, 1.82) is 0 Å². The van der Waals surface area contributed by atoms with Gasteiger partial charge in [-0.3, -0.25) is 9.59 Å². The molecule has 1 saturated heterocycles. The van der Waals surface area contributed by atoms with Gasteiger partial charge in [0.25, 0.3) is 5.91 Å². The Morgan fingerprint density at radius 3 is 2.71 bits per heavy atom. The number of hydrogen-bond acceptors (Lipinski definition) is 4. The highest BCUT2D eigenvalue weighted by Crippen LogP contribution is 2.30. The van der Waals surface area contributed by atoms with E-state index < -0.39 is 23.1 Å². The van der Waals surface area contributed by atoms with Gasteiger partial charge in [-0.2, -0.15) is 0 Å². The number of halogens is 2. The van der Waals surface area contributed by atoms with Crippen LogP contribution in [0.4, 0.5) is 8.78 Å². The molecule has 1 aromatic carbocycles. The molecule has 0 bridgehead atoms. The number of amides is 2. The lowest BCUT2D eigenvalue weighted by atomic mass is 9.98. The highest BCUT2D eigenvalue weighted by atomic mass is 32.1. The van der Waals surface area contributed by atoms with E-state index in [1.807, 2.05) is 19.2 Å². The van der Waals surface area contributed by atoms with Gasteiger partial charge in [0.1, 0.15) is 17.2 Å². The Hall–Kier alpha value is -2.35. The Morgan fingerprint density at radius 2 is 2.04 bits per heavy atom. The molecular weight excluding hydrogens is 384 g/mol. The lowest BCUT2D eigenvalue weighted by Crippen LogP contribution is -2.39. The maximum Gasteiger partial charge on any atom is 0.259 e. The summed E-state index contributed by atoms with van der Waals surface area (Å²) in [6.07, 6.45) is 1.60. The third-order valence-corrected chi connectivity index (χ3v) is 5.83. The first kappa shape index (κ1) is 20.4. The number of piperidine rings is 1. The summed E-state index contributed by atoms with van der Waals surface area (Å²) in [5.74, 6) is -2.41.